The lowest BCUT2D eigenvalue weighted by Gasteiger charge is -2.46. The van der Waals surface area contributed by atoms with Gasteiger partial charge in [-0.1, -0.05) is 13.0 Å². The zero-order valence-electron chi connectivity index (χ0n) is 19.2. The van der Waals surface area contributed by atoms with Crippen LogP contribution in [0.3, 0.4) is 0 Å². The maximum absolute atomic E-state index is 12.8. The number of ether oxygens (including phenoxy) is 2. The molecule has 7 atom stereocenters. The Morgan fingerprint density at radius 2 is 1.66 bits per heavy atom. The molecule has 0 spiro atoms. The van der Waals surface area contributed by atoms with Gasteiger partial charge in [-0.25, -0.2) is 0 Å². The third-order valence-electron chi connectivity index (χ3n) is 7.48. The van der Waals surface area contributed by atoms with E-state index in [0.29, 0.717) is 32.1 Å². The molecular formula is C23H37Cl2N3O4. The van der Waals surface area contributed by atoms with Crippen LogP contribution in [0.1, 0.15) is 32.1 Å². The quantitative estimate of drug-likeness (QED) is 0.438. The number of piperazine rings is 1. The van der Waals surface area contributed by atoms with Gasteiger partial charge in [0.15, 0.2) is 0 Å². The summed E-state index contributed by atoms with van der Waals surface area (Å²) in [5.74, 6) is 0.510. The number of nitrogens with one attached hydrogen (secondary N) is 1. The van der Waals surface area contributed by atoms with Crippen molar-refractivity contribution in [3.63, 3.8) is 0 Å². The van der Waals surface area contributed by atoms with Gasteiger partial charge in [-0.2, -0.15) is 0 Å². The highest BCUT2D eigenvalue weighted by Gasteiger charge is 2.45. The van der Waals surface area contributed by atoms with Crippen molar-refractivity contribution in [1.29, 1.82) is 0 Å². The Labute approximate surface area is 201 Å². The molecule has 0 aromatic heterocycles. The third kappa shape index (κ3) is 5.98. The first kappa shape index (κ1) is 25.8. The van der Waals surface area contributed by atoms with Crippen molar-refractivity contribution in [2.24, 2.45) is 11.8 Å². The summed E-state index contributed by atoms with van der Waals surface area (Å²) in [6, 6.07) is 0.0411. The number of hydrogen-bond acceptors (Lipinski definition) is 5. The number of amides is 2. The fourth-order valence-electron chi connectivity index (χ4n) is 5.55. The summed E-state index contributed by atoms with van der Waals surface area (Å²) in [4.78, 5) is 28.1. The van der Waals surface area contributed by atoms with Gasteiger partial charge in [0.25, 0.3) is 0 Å². The summed E-state index contributed by atoms with van der Waals surface area (Å²) in [5.41, 5.74) is 0. The van der Waals surface area contributed by atoms with E-state index >= 15 is 0 Å². The second-order valence-corrected chi connectivity index (χ2v) is 10.2. The topological polar surface area (TPSA) is 71.1 Å². The minimum absolute atomic E-state index is 0.00830. The molecule has 3 rings (SSSR count). The normalized spacial score (nSPS) is 36.1. The predicted molar refractivity (Wildman–Crippen MR) is 126 cm³/mol. The Hall–Kier alpha value is -0.860. The van der Waals surface area contributed by atoms with Crippen LogP contribution in [0.15, 0.2) is 12.7 Å². The molecule has 7 nitrogen and oxygen atoms in total. The highest BCUT2D eigenvalue weighted by molar-refractivity contribution is 6.22. The van der Waals surface area contributed by atoms with Crippen molar-refractivity contribution >= 4 is 35.0 Å². The third-order valence-corrected chi connectivity index (χ3v) is 8.58. The first-order chi connectivity index (χ1) is 15.4. The maximum atomic E-state index is 12.8. The molecular weight excluding hydrogens is 453 g/mol. The van der Waals surface area contributed by atoms with Gasteiger partial charge in [0.1, 0.15) is 0 Å². The van der Waals surface area contributed by atoms with Gasteiger partial charge in [0.05, 0.1) is 24.1 Å². The summed E-state index contributed by atoms with van der Waals surface area (Å²) in [6.45, 7) is 5.93. The van der Waals surface area contributed by atoms with E-state index in [9.17, 15) is 9.59 Å². The first-order valence-electron chi connectivity index (χ1n) is 11.7. The standard InChI is InChI=1S/C23H37Cl2N3O4/c1-4-21(29)27-8-10-28(11-9-27)22(30)14-26-18-12-16(17(24)13-20(18)32-3)15-6-5-7-19(31-2)23(15)25/h4,15-20,23,26H,1,5-14H2,2-3H3. The smallest absolute Gasteiger partial charge is 0.246 e. The minimum Gasteiger partial charge on any atom is -0.380 e. The van der Waals surface area contributed by atoms with Crippen molar-refractivity contribution < 1.29 is 19.1 Å². The molecule has 0 aromatic carbocycles. The van der Waals surface area contributed by atoms with Crippen LogP contribution in [0.5, 0.6) is 0 Å². The summed E-state index contributed by atoms with van der Waals surface area (Å²) in [7, 11) is 3.43. The molecule has 1 saturated heterocycles. The van der Waals surface area contributed by atoms with E-state index in [-0.39, 0.29) is 53.3 Å². The number of nitrogens with zero attached hydrogens (tertiary/aromatic N) is 2. The molecule has 1 aliphatic heterocycles. The van der Waals surface area contributed by atoms with Gasteiger partial charge in [0.2, 0.25) is 11.8 Å². The van der Waals surface area contributed by atoms with Gasteiger partial charge < -0.3 is 24.6 Å². The van der Waals surface area contributed by atoms with Crippen LogP contribution in [-0.4, -0.2) is 97.6 Å². The number of rotatable bonds is 7. The average molecular weight is 490 g/mol. The van der Waals surface area contributed by atoms with E-state index < -0.39 is 0 Å². The molecule has 3 fully saturated rings. The largest absolute Gasteiger partial charge is 0.380 e. The molecule has 2 amide bonds. The number of alkyl halides is 2. The summed E-state index contributed by atoms with van der Waals surface area (Å²) in [5, 5.41) is 3.39. The lowest BCUT2D eigenvalue weighted by Crippen LogP contribution is -2.56. The Bertz CT molecular complexity index is 659. The maximum Gasteiger partial charge on any atom is 0.246 e. The Morgan fingerprint density at radius 3 is 2.28 bits per heavy atom. The second-order valence-electron chi connectivity index (χ2n) is 9.14. The van der Waals surface area contributed by atoms with Crippen LogP contribution in [0, 0.1) is 11.8 Å². The molecule has 2 saturated carbocycles. The fraction of sp³-hybridized carbons (Fsp3) is 0.826. The van der Waals surface area contributed by atoms with Crippen molar-refractivity contribution in [2.45, 2.75) is 61.1 Å². The van der Waals surface area contributed by atoms with E-state index in [1.54, 1.807) is 19.1 Å². The molecule has 1 heterocycles. The Kier molecular flexibility index (Phi) is 9.68. The lowest BCUT2D eigenvalue weighted by atomic mass is 9.70. The van der Waals surface area contributed by atoms with Crippen molar-refractivity contribution in [3.8, 4) is 0 Å². The van der Waals surface area contributed by atoms with Crippen LogP contribution in [0.25, 0.3) is 0 Å². The number of methoxy groups -OCH3 is 2. The van der Waals surface area contributed by atoms with Crippen molar-refractivity contribution in [1.82, 2.24) is 15.1 Å². The zero-order chi connectivity index (χ0) is 23.3. The Balaban J connectivity index is 1.56. The van der Waals surface area contributed by atoms with Gasteiger partial charge in [-0.15, -0.1) is 23.2 Å². The van der Waals surface area contributed by atoms with E-state index in [0.717, 1.165) is 32.1 Å². The molecule has 0 radical (unpaired) electrons. The predicted octanol–water partition coefficient (Wildman–Crippen LogP) is 2.26. The molecule has 0 bridgehead atoms. The average Bonchev–Trinajstić information content (AvgIpc) is 2.82. The highest BCUT2D eigenvalue weighted by Crippen LogP contribution is 2.44. The number of carbonyl (C=O) groups excluding carboxylic acids is 2. The molecule has 3 aliphatic rings. The summed E-state index contributed by atoms with van der Waals surface area (Å²) < 4.78 is 11.3. The van der Waals surface area contributed by atoms with Crippen molar-refractivity contribution in [2.75, 3.05) is 46.9 Å². The molecule has 0 aromatic rings. The van der Waals surface area contributed by atoms with Gasteiger partial charge in [-0.05, 0) is 43.6 Å². The Morgan fingerprint density at radius 1 is 1.00 bits per heavy atom. The lowest BCUT2D eigenvalue weighted by molar-refractivity contribution is -0.136. The zero-order valence-corrected chi connectivity index (χ0v) is 20.7. The number of carbonyl (C=O) groups is 2. The molecule has 32 heavy (non-hydrogen) atoms. The van der Waals surface area contributed by atoms with E-state index in [2.05, 4.69) is 11.9 Å². The van der Waals surface area contributed by atoms with Crippen LogP contribution in [0.4, 0.5) is 0 Å². The second kappa shape index (κ2) is 12.0. The minimum atomic E-state index is -0.0851. The fourth-order valence-corrected chi connectivity index (χ4v) is 6.56. The monoisotopic (exact) mass is 489 g/mol. The first-order valence-corrected chi connectivity index (χ1v) is 12.5. The number of hydrogen-bond donors (Lipinski definition) is 1. The van der Waals surface area contributed by atoms with Crippen molar-refractivity contribution in [3.05, 3.63) is 12.7 Å². The van der Waals surface area contributed by atoms with Gasteiger partial charge in [0, 0.05) is 51.8 Å². The molecule has 7 unspecified atom stereocenters. The molecule has 182 valence electrons. The molecule has 2 aliphatic carbocycles. The van der Waals surface area contributed by atoms with Crippen LogP contribution >= 0.6 is 23.2 Å². The van der Waals surface area contributed by atoms with E-state index in [1.165, 1.54) is 6.08 Å². The molecule has 9 heteroatoms. The van der Waals surface area contributed by atoms with Crippen LogP contribution in [0.2, 0.25) is 0 Å². The summed E-state index contributed by atoms with van der Waals surface area (Å²) >= 11 is 13.6. The highest BCUT2D eigenvalue weighted by atomic mass is 35.5. The number of halogens is 2. The van der Waals surface area contributed by atoms with E-state index in [4.69, 9.17) is 32.7 Å². The van der Waals surface area contributed by atoms with E-state index in [1.807, 2.05) is 4.90 Å². The van der Waals surface area contributed by atoms with Gasteiger partial charge in [-0.3, -0.25) is 9.59 Å². The molecule has 1 N–H and O–H groups in total. The van der Waals surface area contributed by atoms with Crippen LogP contribution in [-0.2, 0) is 19.1 Å². The van der Waals surface area contributed by atoms with Crippen LogP contribution < -0.4 is 5.32 Å². The SMILES string of the molecule is C=CC(=O)N1CCN(C(=O)CNC2CC(C3CCCC(OC)C3Cl)C(Cl)CC2OC)CC1. The summed E-state index contributed by atoms with van der Waals surface area (Å²) in [6.07, 6.45) is 6.04. The van der Waals surface area contributed by atoms with Gasteiger partial charge >= 0.3 is 0 Å².